The van der Waals surface area contributed by atoms with Gasteiger partial charge in [0.1, 0.15) is 24.3 Å². The molecule has 8 heteroatoms. The molecule has 2 rings (SSSR count). The van der Waals surface area contributed by atoms with Crippen LogP contribution in [-0.2, 0) is 9.59 Å². The van der Waals surface area contributed by atoms with Crippen molar-refractivity contribution < 1.29 is 41.5 Å². The van der Waals surface area contributed by atoms with Gasteiger partial charge in [0.15, 0.2) is 0 Å². The molecule has 8 N–H and O–H groups in total. The third kappa shape index (κ3) is 10.4. The Morgan fingerprint density at radius 2 is 0.964 bits per heavy atom. The van der Waals surface area contributed by atoms with Gasteiger partial charge in [-0.3, -0.25) is 0 Å². The van der Waals surface area contributed by atoms with Gasteiger partial charge in [-0.05, 0) is 13.8 Å². The molecule has 0 aliphatic heterocycles. The highest BCUT2D eigenvalue weighted by atomic mass is 16.4. The highest BCUT2D eigenvalue weighted by Crippen LogP contribution is 2.05. The van der Waals surface area contributed by atoms with Crippen LogP contribution in [0.15, 0.2) is 60.7 Å². The van der Waals surface area contributed by atoms with E-state index in [0.29, 0.717) is 12.1 Å². The van der Waals surface area contributed by atoms with E-state index in [1.807, 2.05) is 36.4 Å². The number of aliphatic hydroxyl groups excluding tert-OH is 2. The van der Waals surface area contributed by atoms with Gasteiger partial charge in [-0.2, -0.15) is 0 Å². The fourth-order valence-electron chi connectivity index (χ4n) is 1.82. The Labute approximate surface area is 164 Å². The molecule has 0 saturated heterocycles. The van der Waals surface area contributed by atoms with Crippen LogP contribution in [0.4, 0.5) is 0 Å². The summed E-state index contributed by atoms with van der Waals surface area (Å²) >= 11 is 0. The number of aliphatic carboxylic acids is 2. The molecule has 0 aromatic heterocycles. The van der Waals surface area contributed by atoms with Crippen molar-refractivity contribution in [3.05, 3.63) is 71.8 Å². The quantitative estimate of drug-likeness (QED) is 0.427. The van der Waals surface area contributed by atoms with E-state index in [2.05, 4.69) is 49.6 Å². The lowest BCUT2D eigenvalue weighted by Gasteiger charge is -2.18. The Hall–Kier alpha value is -2.78. The van der Waals surface area contributed by atoms with Crippen molar-refractivity contribution in [2.45, 2.75) is 38.1 Å². The molecule has 0 aliphatic carbocycles. The van der Waals surface area contributed by atoms with Crippen LogP contribution in [-0.4, -0.2) is 34.4 Å². The fourth-order valence-corrected chi connectivity index (χ4v) is 1.82. The van der Waals surface area contributed by atoms with Gasteiger partial charge in [0.2, 0.25) is 0 Å². The van der Waals surface area contributed by atoms with Crippen molar-refractivity contribution >= 4 is 11.9 Å². The SMILES string of the molecule is C[C@H]([NH3+])c1ccccc1.C[C@H]([NH3+])c1ccccc1.O=C([O-])[C@H](O)[C@@H](O)C(=O)[O-]. The normalized spacial score (nSPS) is 14.1. The van der Waals surface area contributed by atoms with E-state index in [9.17, 15) is 19.8 Å². The molecule has 0 amide bonds. The summed E-state index contributed by atoms with van der Waals surface area (Å²) in [5.74, 6) is -4.12. The number of carboxylic acid groups (broad SMARTS) is 2. The number of quaternary nitrogens is 2. The molecule has 2 aromatic carbocycles. The van der Waals surface area contributed by atoms with E-state index in [1.165, 1.54) is 11.1 Å². The Bertz CT molecular complexity index is 631. The summed E-state index contributed by atoms with van der Waals surface area (Å²) in [6.07, 6.45) is -4.88. The van der Waals surface area contributed by atoms with E-state index in [4.69, 9.17) is 10.2 Å². The van der Waals surface area contributed by atoms with Gasteiger partial charge in [-0.1, -0.05) is 60.7 Å². The van der Waals surface area contributed by atoms with Crippen molar-refractivity contribution in [1.82, 2.24) is 0 Å². The Kier molecular flexibility index (Phi) is 12.1. The maximum absolute atomic E-state index is 9.63. The lowest BCUT2D eigenvalue weighted by Crippen LogP contribution is -2.51. The number of carbonyl (C=O) groups excluding carboxylic acids is 2. The fraction of sp³-hybridized carbons (Fsp3) is 0.300. The predicted molar refractivity (Wildman–Crippen MR) is 97.5 cm³/mol. The topological polar surface area (TPSA) is 176 Å². The molecule has 4 atom stereocenters. The molecule has 0 radical (unpaired) electrons. The summed E-state index contributed by atoms with van der Waals surface area (Å²) in [7, 11) is 0. The van der Waals surface area contributed by atoms with Crippen LogP contribution in [0.3, 0.4) is 0 Å². The van der Waals surface area contributed by atoms with E-state index >= 15 is 0 Å². The van der Waals surface area contributed by atoms with Gasteiger partial charge in [0.05, 0.1) is 11.9 Å². The minimum atomic E-state index is -2.44. The van der Waals surface area contributed by atoms with E-state index in [0.717, 1.165) is 0 Å². The maximum atomic E-state index is 9.63. The Balaban J connectivity index is 0.000000391. The zero-order chi connectivity index (χ0) is 21.7. The van der Waals surface area contributed by atoms with Crippen molar-refractivity contribution in [3.8, 4) is 0 Å². The highest BCUT2D eigenvalue weighted by Gasteiger charge is 2.17. The molecular formula is C20H28N2O6. The summed E-state index contributed by atoms with van der Waals surface area (Å²) in [6.45, 7) is 4.19. The zero-order valence-corrected chi connectivity index (χ0v) is 16.0. The first kappa shape index (κ1) is 25.2. The Morgan fingerprint density at radius 1 is 0.714 bits per heavy atom. The van der Waals surface area contributed by atoms with E-state index in [-0.39, 0.29) is 0 Å². The first-order valence-electron chi connectivity index (χ1n) is 8.61. The average Bonchev–Trinajstić information content (AvgIpc) is 2.69. The lowest BCUT2D eigenvalue weighted by atomic mass is 10.1. The molecule has 154 valence electrons. The van der Waals surface area contributed by atoms with E-state index in [1.54, 1.807) is 0 Å². The number of carbonyl (C=O) groups is 2. The van der Waals surface area contributed by atoms with Crippen LogP contribution >= 0.6 is 0 Å². The van der Waals surface area contributed by atoms with E-state index < -0.39 is 24.1 Å². The third-order valence-corrected chi connectivity index (χ3v) is 3.52. The molecule has 8 nitrogen and oxygen atoms in total. The van der Waals surface area contributed by atoms with Gasteiger partial charge in [0, 0.05) is 11.1 Å². The van der Waals surface area contributed by atoms with Gasteiger partial charge in [-0.15, -0.1) is 0 Å². The second-order valence-electron chi connectivity index (χ2n) is 6.15. The Morgan fingerprint density at radius 3 is 1.11 bits per heavy atom. The first-order valence-corrected chi connectivity index (χ1v) is 8.61. The van der Waals surface area contributed by atoms with Gasteiger partial charge in [-0.25, -0.2) is 0 Å². The van der Waals surface area contributed by atoms with Crippen molar-refractivity contribution in [2.24, 2.45) is 0 Å². The van der Waals surface area contributed by atoms with Crippen LogP contribution in [0.5, 0.6) is 0 Å². The summed E-state index contributed by atoms with van der Waals surface area (Å²) in [4.78, 5) is 19.3. The zero-order valence-electron chi connectivity index (χ0n) is 16.0. The number of rotatable bonds is 5. The standard InChI is InChI=1S/2C8H11N.C4H6O6/c2*1-7(9)8-5-3-2-4-6-8;5-1(3(7)8)2(6)4(9)10/h2*2-7H,9H2,1H3;1-2,5-6H,(H,7,8)(H,9,10)/t2*7-;1-,2-/m001/s1. The van der Waals surface area contributed by atoms with Crippen LogP contribution in [0, 0.1) is 0 Å². The number of aliphatic hydroxyl groups is 2. The van der Waals surface area contributed by atoms with Crippen molar-refractivity contribution in [2.75, 3.05) is 0 Å². The van der Waals surface area contributed by atoms with Crippen molar-refractivity contribution in [3.63, 3.8) is 0 Å². The summed E-state index contributed by atoms with van der Waals surface area (Å²) in [5.41, 5.74) is 10.4. The number of hydrogen-bond donors (Lipinski definition) is 4. The van der Waals surface area contributed by atoms with Crippen LogP contribution in [0.25, 0.3) is 0 Å². The third-order valence-electron chi connectivity index (χ3n) is 3.52. The number of benzene rings is 2. The molecule has 0 fully saturated rings. The summed E-state index contributed by atoms with van der Waals surface area (Å²) in [6, 6.07) is 21.4. The average molecular weight is 392 g/mol. The first-order chi connectivity index (χ1) is 13.1. The van der Waals surface area contributed by atoms with Crippen molar-refractivity contribution in [1.29, 1.82) is 0 Å². The smallest absolute Gasteiger partial charge is 0.124 e. The summed E-state index contributed by atoms with van der Waals surface area (Å²) < 4.78 is 0. The maximum Gasteiger partial charge on any atom is 0.124 e. The molecule has 0 spiro atoms. The van der Waals surface area contributed by atoms with Gasteiger partial charge in [0.25, 0.3) is 0 Å². The summed E-state index contributed by atoms with van der Waals surface area (Å²) in [5, 5.41) is 35.7. The lowest BCUT2D eigenvalue weighted by molar-refractivity contribution is -0.420. The molecule has 0 aliphatic rings. The van der Waals surface area contributed by atoms with Crippen LogP contribution in [0.2, 0.25) is 0 Å². The minimum Gasteiger partial charge on any atom is -0.547 e. The number of carboxylic acids is 2. The molecule has 0 bridgehead atoms. The molecule has 0 saturated carbocycles. The van der Waals surface area contributed by atoms with Gasteiger partial charge < -0.3 is 41.5 Å². The predicted octanol–water partition coefficient (Wildman–Crippen LogP) is -2.81. The highest BCUT2D eigenvalue weighted by molar-refractivity contribution is 5.80. The molecule has 0 unspecified atom stereocenters. The second-order valence-corrected chi connectivity index (χ2v) is 6.15. The number of hydrogen-bond acceptors (Lipinski definition) is 6. The molecule has 0 heterocycles. The molecule has 2 aromatic rings. The minimum absolute atomic E-state index is 0.409. The molecule has 28 heavy (non-hydrogen) atoms. The molecular weight excluding hydrogens is 364 g/mol. The van der Waals surface area contributed by atoms with Crippen LogP contribution < -0.4 is 21.7 Å². The van der Waals surface area contributed by atoms with Gasteiger partial charge >= 0.3 is 0 Å². The monoisotopic (exact) mass is 392 g/mol. The second kappa shape index (κ2) is 13.4. The van der Waals surface area contributed by atoms with Crippen LogP contribution in [0.1, 0.15) is 37.1 Å². The largest absolute Gasteiger partial charge is 0.547 e.